The number of nitrogens with zero attached hydrogens (tertiary/aromatic N) is 1. The van der Waals surface area contributed by atoms with Crippen molar-refractivity contribution in [1.29, 1.82) is 0 Å². The first-order valence-electron chi connectivity index (χ1n) is 6.62. The van der Waals surface area contributed by atoms with E-state index in [1.807, 2.05) is 6.92 Å². The van der Waals surface area contributed by atoms with Crippen molar-refractivity contribution in [3.8, 4) is 0 Å². The van der Waals surface area contributed by atoms with Gasteiger partial charge in [0, 0.05) is 22.7 Å². The van der Waals surface area contributed by atoms with Crippen LogP contribution in [0, 0.1) is 6.92 Å². The Morgan fingerprint density at radius 3 is 2.86 bits per heavy atom. The van der Waals surface area contributed by atoms with Crippen LogP contribution in [-0.2, 0) is 9.53 Å². The molecular formula is C15H17N3O3. The maximum atomic E-state index is 12.2. The number of carbonyl (C=O) groups is 2. The van der Waals surface area contributed by atoms with Gasteiger partial charge in [0.1, 0.15) is 12.2 Å². The molecule has 1 aromatic carbocycles. The van der Waals surface area contributed by atoms with Crippen LogP contribution in [0.25, 0.3) is 10.8 Å². The van der Waals surface area contributed by atoms with Crippen molar-refractivity contribution in [2.24, 2.45) is 0 Å². The molecule has 6 heteroatoms. The molecule has 1 amide bonds. The number of esters is 1. The average molecular weight is 287 g/mol. The van der Waals surface area contributed by atoms with Crippen molar-refractivity contribution in [3.63, 3.8) is 0 Å². The number of pyridine rings is 1. The summed E-state index contributed by atoms with van der Waals surface area (Å²) in [6.45, 7) is 3.67. The Morgan fingerprint density at radius 2 is 2.14 bits per heavy atom. The number of amides is 1. The smallest absolute Gasteiger partial charge is 0.325 e. The molecule has 6 nitrogen and oxygen atoms in total. The van der Waals surface area contributed by atoms with Crippen LogP contribution in [0.5, 0.6) is 0 Å². The summed E-state index contributed by atoms with van der Waals surface area (Å²) in [5.41, 5.74) is 7.68. The molecule has 3 N–H and O–H groups in total. The molecule has 1 heterocycles. The fraction of sp³-hybridized carbons (Fsp3) is 0.267. The molecule has 0 aliphatic heterocycles. The maximum Gasteiger partial charge on any atom is 0.325 e. The molecule has 2 aromatic rings. The van der Waals surface area contributed by atoms with Crippen molar-refractivity contribution < 1.29 is 14.3 Å². The summed E-state index contributed by atoms with van der Waals surface area (Å²) in [5.74, 6) is -0.916. The number of nitrogens with one attached hydrogen (secondary N) is 1. The van der Waals surface area contributed by atoms with Gasteiger partial charge >= 0.3 is 5.97 Å². The number of anilines is 1. The largest absolute Gasteiger partial charge is 0.465 e. The fourth-order valence-corrected chi connectivity index (χ4v) is 2.13. The minimum absolute atomic E-state index is 0.188. The molecule has 0 spiro atoms. The van der Waals surface area contributed by atoms with Crippen molar-refractivity contribution in [3.05, 3.63) is 35.7 Å². The minimum Gasteiger partial charge on any atom is -0.465 e. The number of nitrogens with two attached hydrogens (primary N) is 1. The second kappa shape index (κ2) is 6.21. The highest BCUT2D eigenvalue weighted by Crippen LogP contribution is 2.25. The Hall–Kier alpha value is -2.63. The van der Waals surface area contributed by atoms with Gasteiger partial charge in [0.05, 0.1) is 6.61 Å². The number of fused-ring (bicyclic) bond motifs is 1. The minimum atomic E-state index is -0.484. The first-order valence-corrected chi connectivity index (χ1v) is 6.62. The Labute approximate surface area is 122 Å². The summed E-state index contributed by atoms with van der Waals surface area (Å²) >= 11 is 0. The van der Waals surface area contributed by atoms with E-state index < -0.39 is 11.9 Å². The van der Waals surface area contributed by atoms with Crippen LogP contribution >= 0.6 is 0 Å². The lowest BCUT2D eigenvalue weighted by Crippen LogP contribution is -2.31. The van der Waals surface area contributed by atoms with Crippen LogP contribution in [0.15, 0.2) is 24.4 Å². The number of hydrogen-bond donors (Lipinski definition) is 2. The second-order valence-electron chi connectivity index (χ2n) is 4.55. The second-order valence-corrected chi connectivity index (χ2v) is 4.55. The predicted molar refractivity (Wildman–Crippen MR) is 79.9 cm³/mol. The normalized spacial score (nSPS) is 10.4. The van der Waals surface area contributed by atoms with E-state index in [4.69, 9.17) is 10.5 Å². The van der Waals surface area contributed by atoms with E-state index in [9.17, 15) is 9.59 Å². The number of carbonyl (C=O) groups excluding carboxylic acids is 2. The average Bonchev–Trinajstić information content (AvgIpc) is 2.45. The topological polar surface area (TPSA) is 94.3 Å². The number of hydrogen-bond acceptors (Lipinski definition) is 5. The molecule has 0 saturated heterocycles. The van der Waals surface area contributed by atoms with E-state index in [0.29, 0.717) is 11.1 Å². The highest BCUT2D eigenvalue weighted by molar-refractivity contribution is 6.09. The van der Waals surface area contributed by atoms with Crippen molar-refractivity contribution in [2.45, 2.75) is 13.8 Å². The molecule has 0 aliphatic rings. The Balaban J connectivity index is 2.30. The Morgan fingerprint density at radius 1 is 1.38 bits per heavy atom. The fourth-order valence-electron chi connectivity index (χ4n) is 2.13. The predicted octanol–water partition coefficient (Wildman–Crippen LogP) is 1.42. The molecule has 0 atom stereocenters. The van der Waals surface area contributed by atoms with E-state index in [0.717, 1.165) is 10.9 Å². The van der Waals surface area contributed by atoms with Crippen LogP contribution in [0.2, 0.25) is 0 Å². The van der Waals surface area contributed by atoms with Gasteiger partial charge in [0.15, 0.2) is 0 Å². The highest BCUT2D eigenvalue weighted by atomic mass is 16.5. The number of rotatable bonds is 4. The van der Waals surface area contributed by atoms with Crippen LogP contribution < -0.4 is 11.1 Å². The zero-order valence-corrected chi connectivity index (χ0v) is 12.0. The lowest BCUT2D eigenvalue weighted by molar-refractivity contribution is -0.141. The molecule has 0 unspecified atom stereocenters. The zero-order valence-electron chi connectivity index (χ0n) is 12.0. The van der Waals surface area contributed by atoms with Crippen molar-refractivity contribution >= 4 is 28.3 Å². The van der Waals surface area contributed by atoms with Gasteiger partial charge in [-0.05, 0) is 25.5 Å². The van der Waals surface area contributed by atoms with E-state index in [-0.39, 0.29) is 18.8 Å². The van der Waals surface area contributed by atoms with Gasteiger partial charge in [-0.2, -0.15) is 0 Å². The first-order chi connectivity index (χ1) is 10.0. The number of ether oxygens (including phenoxy) is 1. The first kappa shape index (κ1) is 14.8. The van der Waals surface area contributed by atoms with E-state index >= 15 is 0 Å². The molecule has 21 heavy (non-hydrogen) atoms. The van der Waals surface area contributed by atoms with Gasteiger partial charge in [-0.15, -0.1) is 0 Å². The molecule has 2 rings (SSSR count). The van der Waals surface area contributed by atoms with Crippen LogP contribution in [-0.4, -0.2) is 30.0 Å². The zero-order chi connectivity index (χ0) is 15.4. The quantitative estimate of drug-likeness (QED) is 0.655. The molecule has 0 aliphatic carbocycles. The van der Waals surface area contributed by atoms with Gasteiger partial charge in [-0.1, -0.05) is 12.1 Å². The monoisotopic (exact) mass is 287 g/mol. The molecule has 0 radical (unpaired) electrons. The van der Waals surface area contributed by atoms with Crippen molar-refractivity contribution in [2.75, 3.05) is 18.9 Å². The number of aromatic nitrogens is 1. The summed E-state index contributed by atoms with van der Waals surface area (Å²) in [7, 11) is 0. The number of nitrogen functional groups attached to an aromatic ring is 1. The van der Waals surface area contributed by atoms with E-state index in [2.05, 4.69) is 10.3 Å². The maximum absolute atomic E-state index is 12.2. The third-order valence-corrected chi connectivity index (χ3v) is 3.05. The molecule has 0 fully saturated rings. The molecule has 0 saturated carbocycles. The van der Waals surface area contributed by atoms with Gasteiger partial charge < -0.3 is 15.8 Å². The molecule has 110 valence electrons. The van der Waals surface area contributed by atoms with Crippen LogP contribution in [0.3, 0.4) is 0 Å². The van der Waals surface area contributed by atoms with E-state index in [1.54, 1.807) is 31.3 Å². The molecule has 0 bridgehead atoms. The Kier molecular flexibility index (Phi) is 4.37. The van der Waals surface area contributed by atoms with Gasteiger partial charge in [-0.25, -0.2) is 0 Å². The molecular weight excluding hydrogens is 270 g/mol. The SMILES string of the molecule is CCOC(=O)CNC(=O)c1ncc(C)c2c(N)cccc12. The summed E-state index contributed by atoms with van der Waals surface area (Å²) in [5, 5.41) is 3.96. The van der Waals surface area contributed by atoms with Crippen LogP contribution in [0.1, 0.15) is 23.0 Å². The summed E-state index contributed by atoms with van der Waals surface area (Å²) in [4.78, 5) is 27.6. The lowest BCUT2D eigenvalue weighted by Gasteiger charge is -2.10. The third kappa shape index (κ3) is 3.10. The van der Waals surface area contributed by atoms with Gasteiger partial charge in [0.2, 0.25) is 0 Å². The third-order valence-electron chi connectivity index (χ3n) is 3.05. The van der Waals surface area contributed by atoms with Crippen molar-refractivity contribution in [1.82, 2.24) is 10.3 Å². The summed E-state index contributed by atoms with van der Waals surface area (Å²) < 4.78 is 4.76. The number of benzene rings is 1. The van der Waals surface area contributed by atoms with Crippen LogP contribution in [0.4, 0.5) is 5.69 Å². The van der Waals surface area contributed by atoms with Gasteiger partial charge in [-0.3, -0.25) is 14.6 Å². The highest BCUT2D eigenvalue weighted by Gasteiger charge is 2.15. The summed E-state index contributed by atoms with van der Waals surface area (Å²) in [6, 6.07) is 5.32. The standard InChI is InChI=1S/C15H17N3O3/c1-3-21-12(19)8-18-15(20)14-10-5-4-6-11(16)13(10)9(2)7-17-14/h4-7H,3,8,16H2,1-2H3,(H,18,20). The Bertz CT molecular complexity index is 690. The number of aryl methyl sites for hydroxylation is 1. The summed E-state index contributed by atoms with van der Waals surface area (Å²) in [6.07, 6.45) is 1.60. The van der Waals surface area contributed by atoms with Gasteiger partial charge in [0.25, 0.3) is 5.91 Å². The van der Waals surface area contributed by atoms with E-state index in [1.165, 1.54) is 0 Å². The molecule has 1 aromatic heterocycles. The lowest BCUT2D eigenvalue weighted by atomic mass is 10.0.